The first kappa shape index (κ1) is 17.7. The van der Waals surface area contributed by atoms with Gasteiger partial charge in [-0.25, -0.2) is 0 Å². The van der Waals surface area contributed by atoms with Gasteiger partial charge in [0, 0.05) is 43.0 Å². The third-order valence-electron chi connectivity index (χ3n) is 5.58. The molecule has 7 nitrogen and oxygen atoms in total. The molecule has 2 aromatic rings. The summed E-state index contributed by atoms with van der Waals surface area (Å²) in [6, 6.07) is 11.8. The molecule has 29 heavy (non-hydrogen) atoms. The van der Waals surface area contributed by atoms with Gasteiger partial charge in [-0.1, -0.05) is 6.07 Å². The summed E-state index contributed by atoms with van der Waals surface area (Å²) < 4.78 is 12.0. The van der Waals surface area contributed by atoms with E-state index in [2.05, 4.69) is 5.32 Å². The van der Waals surface area contributed by atoms with Crippen molar-refractivity contribution in [1.82, 2.24) is 0 Å². The van der Waals surface area contributed by atoms with Crippen molar-refractivity contribution >= 4 is 29.1 Å². The Labute approximate surface area is 167 Å². The van der Waals surface area contributed by atoms with Gasteiger partial charge in [0.1, 0.15) is 0 Å². The number of carbonyl (C=O) groups excluding carboxylic acids is 3. The van der Waals surface area contributed by atoms with Gasteiger partial charge in [-0.15, -0.1) is 0 Å². The lowest BCUT2D eigenvalue weighted by Crippen LogP contribution is -2.34. The van der Waals surface area contributed by atoms with Gasteiger partial charge in [0.05, 0.1) is 5.69 Å². The van der Waals surface area contributed by atoms with E-state index < -0.39 is 5.79 Å². The van der Waals surface area contributed by atoms with E-state index in [1.54, 1.807) is 42.5 Å². The molecule has 2 aromatic carbocycles. The molecule has 0 radical (unpaired) electrons. The lowest BCUT2D eigenvalue weighted by Gasteiger charge is -2.21. The van der Waals surface area contributed by atoms with Gasteiger partial charge < -0.3 is 14.8 Å². The van der Waals surface area contributed by atoms with E-state index in [1.807, 2.05) is 0 Å². The molecular weight excluding hydrogens is 372 g/mol. The number of imide groups is 1. The summed E-state index contributed by atoms with van der Waals surface area (Å²) in [5, 5.41) is 2.84. The molecule has 3 amide bonds. The monoisotopic (exact) mass is 392 g/mol. The van der Waals surface area contributed by atoms with Crippen LogP contribution in [0.2, 0.25) is 0 Å². The molecule has 1 N–H and O–H groups in total. The summed E-state index contributed by atoms with van der Waals surface area (Å²) in [6.45, 7) is 0. The first-order valence-corrected chi connectivity index (χ1v) is 9.82. The lowest BCUT2D eigenvalue weighted by molar-refractivity contribution is -0.121. The quantitative estimate of drug-likeness (QED) is 0.807. The number of hydrogen-bond acceptors (Lipinski definition) is 5. The van der Waals surface area contributed by atoms with Crippen LogP contribution in [0.15, 0.2) is 42.5 Å². The van der Waals surface area contributed by atoms with Gasteiger partial charge in [-0.3, -0.25) is 19.3 Å². The molecule has 1 saturated heterocycles. The molecule has 5 rings (SSSR count). The molecule has 0 bridgehead atoms. The van der Waals surface area contributed by atoms with Crippen LogP contribution in [0, 0.1) is 0 Å². The van der Waals surface area contributed by atoms with Crippen molar-refractivity contribution in [3.8, 4) is 11.5 Å². The highest BCUT2D eigenvalue weighted by molar-refractivity contribution is 6.20. The minimum Gasteiger partial charge on any atom is -0.448 e. The van der Waals surface area contributed by atoms with Gasteiger partial charge in [-0.2, -0.15) is 0 Å². The standard InChI is InChI=1S/C22H20N2O5/c25-19-8-9-20(26)24(19)16-5-3-4-14(12-16)21(27)23-15-6-7-17-18(13-15)29-22(28-17)10-1-2-11-22/h3-7,12-13H,1-2,8-11H2,(H,23,27). The number of fused-ring (bicyclic) bond motifs is 1. The molecule has 1 aliphatic carbocycles. The van der Waals surface area contributed by atoms with Gasteiger partial charge in [0.15, 0.2) is 11.5 Å². The zero-order valence-corrected chi connectivity index (χ0v) is 15.8. The number of amides is 3. The van der Waals surface area contributed by atoms with Crippen LogP contribution < -0.4 is 19.7 Å². The smallest absolute Gasteiger partial charge is 0.255 e. The van der Waals surface area contributed by atoms with Crippen LogP contribution in [-0.4, -0.2) is 23.5 Å². The highest BCUT2D eigenvalue weighted by Crippen LogP contribution is 2.47. The van der Waals surface area contributed by atoms with Gasteiger partial charge in [0.2, 0.25) is 11.8 Å². The van der Waals surface area contributed by atoms with E-state index in [1.165, 1.54) is 0 Å². The van der Waals surface area contributed by atoms with Crippen LogP contribution in [-0.2, 0) is 9.59 Å². The highest BCUT2D eigenvalue weighted by Gasteiger charge is 2.44. The number of ether oxygens (including phenoxy) is 2. The third-order valence-corrected chi connectivity index (χ3v) is 5.58. The fourth-order valence-electron chi connectivity index (χ4n) is 4.14. The maximum atomic E-state index is 12.7. The summed E-state index contributed by atoms with van der Waals surface area (Å²) in [5.74, 6) is -0.0490. The molecule has 0 unspecified atom stereocenters. The topological polar surface area (TPSA) is 84.9 Å². The predicted octanol–water partition coefficient (Wildman–Crippen LogP) is 3.63. The Bertz CT molecular complexity index is 1010. The van der Waals surface area contributed by atoms with E-state index in [4.69, 9.17) is 9.47 Å². The lowest BCUT2D eigenvalue weighted by atomic mass is 10.1. The van der Waals surface area contributed by atoms with Crippen LogP contribution in [0.4, 0.5) is 11.4 Å². The number of anilines is 2. The second-order valence-electron chi connectivity index (χ2n) is 7.61. The summed E-state index contributed by atoms with van der Waals surface area (Å²) in [5.41, 5.74) is 1.37. The maximum absolute atomic E-state index is 12.7. The summed E-state index contributed by atoms with van der Waals surface area (Å²) in [7, 11) is 0. The van der Waals surface area contributed by atoms with Crippen LogP contribution in [0.1, 0.15) is 48.9 Å². The average Bonchev–Trinajstić information content (AvgIpc) is 3.40. The first-order valence-electron chi connectivity index (χ1n) is 9.82. The van der Waals surface area contributed by atoms with Crippen molar-refractivity contribution in [2.45, 2.75) is 44.3 Å². The van der Waals surface area contributed by atoms with Crippen LogP contribution >= 0.6 is 0 Å². The van der Waals surface area contributed by atoms with Gasteiger partial charge >= 0.3 is 0 Å². The van der Waals surface area contributed by atoms with E-state index in [-0.39, 0.29) is 30.6 Å². The second-order valence-corrected chi connectivity index (χ2v) is 7.61. The first-order chi connectivity index (χ1) is 14.0. The fraction of sp³-hybridized carbons (Fsp3) is 0.318. The van der Waals surface area contributed by atoms with E-state index in [9.17, 15) is 14.4 Å². The Morgan fingerprint density at radius 1 is 0.931 bits per heavy atom. The van der Waals surface area contributed by atoms with Crippen molar-refractivity contribution in [2.24, 2.45) is 0 Å². The molecular formula is C22H20N2O5. The minimum atomic E-state index is -0.548. The zero-order chi connectivity index (χ0) is 20.0. The highest BCUT2D eigenvalue weighted by atomic mass is 16.7. The van der Waals surface area contributed by atoms with Crippen LogP contribution in [0.3, 0.4) is 0 Å². The van der Waals surface area contributed by atoms with E-state index in [0.29, 0.717) is 28.4 Å². The van der Waals surface area contributed by atoms with Crippen LogP contribution in [0.5, 0.6) is 11.5 Å². The largest absolute Gasteiger partial charge is 0.448 e. The predicted molar refractivity (Wildman–Crippen MR) is 105 cm³/mol. The fourth-order valence-corrected chi connectivity index (χ4v) is 4.14. The number of rotatable bonds is 3. The summed E-state index contributed by atoms with van der Waals surface area (Å²) >= 11 is 0. The number of nitrogens with one attached hydrogen (secondary N) is 1. The number of nitrogens with zero attached hydrogens (tertiary/aromatic N) is 1. The Kier molecular flexibility index (Phi) is 4.04. The molecule has 2 aliphatic heterocycles. The molecule has 1 spiro atoms. The Morgan fingerprint density at radius 3 is 2.41 bits per heavy atom. The van der Waals surface area contributed by atoms with E-state index >= 15 is 0 Å². The third kappa shape index (κ3) is 3.12. The van der Waals surface area contributed by atoms with Gasteiger partial charge in [0.25, 0.3) is 11.7 Å². The number of hydrogen-bond donors (Lipinski definition) is 1. The molecule has 0 atom stereocenters. The van der Waals surface area contributed by atoms with Crippen LogP contribution in [0.25, 0.3) is 0 Å². The average molecular weight is 392 g/mol. The molecule has 1 saturated carbocycles. The summed E-state index contributed by atoms with van der Waals surface area (Å²) in [6.07, 6.45) is 4.29. The van der Waals surface area contributed by atoms with E-state index in [0.717, 1.165) is 30.6 Å². The van der Waals surface area contributed by atoms with Crippen molar-refractivity contribution in [3.05, 3.63) is 48.0 Å². The van der Waals surface area contributed by atoms with Crippen molar-refractivity contribution in [3.63, 3.8) is 0 Å². The number of carbonyl (C=O) groups is 3. The second kappa shape index (κ2) is 6.62. The maximum Gasteiger partial charge on any atom is 0.255 e. The number of benzene rings is 2. The Balaban J connectivity index is 1.34. The van der Waals surface area contributed by atoms with Crippen molar-refractivity contribution in [1.29, 1.82) is 0 Å². The van der Waals surface area contributed by atoms with Crippen molar-refractivity contribution in [2.75, 3.05) is 10.2 Å². The minimum absolute atomic E-state index is 0.202. The molecule has 7 heteroatoms. The van der Waals surface area contributed by atoms with Gasteiger partial charge in [-0.05, 0) is 43.2 Å². The molecule has 0 aromatic heterocycles. The Hall–Kier alpha value is -3.35. The van der Waals surface area contributed by atoms with Crippen molar-refractivity contribution < 1.29 is 23.9 Å². The molecule has 3 aliphatic rings. The zero-order valence-electron chi connectivity index (χ0n) is 15.8. The molecule has 2 heterocycles. The normalized spacial score (nSPS) is 19.2. The Morgan fingerprint density at radius 2 is 1.66 bits per heavy atom. The molecule has 148 valence electrons. The SMILES string of the molecule is O=C(Nc1ccc2c(c1)OC1(CCCC1)O2)c1cccc(N2C(=O)CCC2=O)c1. The molecule has 2 fully saturated rings. The summed E-state index contributed by atoms with van der Waals surface area (Å²) in [4.78, 5) is 37.8.